The number of halogens is 2. The van der Waals surface area contributed by atoms with E-state index in [9.17, 15) is 18.4 Å². The summed E-state index contributed by atoms with van der Waals surface area (Å²) in [5.41, 5.74) is -0.305. The summed E-state index contributed by atoms with van der Waals surface area (Å²) >= 11 is 0. The molecule has 2 aliphatic carbocycles. The van der Waals surface area contributed by atoms with Gasteiger partial charge in [-0.15, -0.1) is 0 Å². The van der Waals surface area contributed by atoms with Crippen molar-refractivity contribution in [3.63, 3.8) is 0 Å². The molecule has 1 N–H and O–H groups in total. The number of amides is 2. The Morgan fingerprint density at radius 2 is 1.68 bits per heavy atom. The number of carbonyl (C=O) groups excluding carboxylic acids is 2. The molecular weight excluding hydrogens is 472 g/mol. The van der Waals surface area contributed by atoms with Gasteiger partial charge in [0.05, 0.1) is 5.41 Å². The maximum Gasteiger partial charge on any atom is 0.227 e. The Hall–Kier alpha value is -2.02. The molecule has 0 aromatic heterocycles. The van der Waals surface area contributed by atoms with Crippen LogP contribution in [0.25, 0.3) is 0 Å². The standard InChI is InChI=1S/C30H45F2N3O2/c1-29(2,3)33-28(37)30(20-9-7-6-8-10-20)13-15-35(16-14-30)27(36)25-19-22(34(4)5)18-24(25)23-12-11-21(31)17-26(23)32/h11-12,17,20,22,24-25H,6-10,13-16,18-19H2,1-5H3,(H,33,37)/t22-,24+,25?/m1/s1. The summed E-state index contributed by atoms with van der Waals surface area (Å²) in [6.07, 6.45) is 8.37. The van der Waals surface area contributed by atoms with Crippen LogP contribution in [0.15, 0.2) is 18.2 Å². The number of benzene rings is 1. The molecule has 2 amide bonds. The summed E-state index contributed by atoms with van der Waals surface area (Å²) in [5, 5.41) is 3.26. The van der Waals surface area contributed by atoms with Gasteiger partial charge in [0.1, 0.15) is 11.6 Å². The molecule has 3 atom stereocenters. The minimum absolute atomic E-state index is 0.0477. The van der Waals surface area contributed by atoms with Crippen molar-refractivity contribution in [3.05, 3.63) is 35.4 Å². The largest absolute Gasteiger partial charge is 0.351 e. The predicted molar refractivity (Wildman–Crippen MR) is 142 cm³/mol. The zero-order valence-corrected chi connectivity index (χ0v) is 23.3. The van der Waals surface area contributed by atoms with Crippen molar-refractivity contribution in [3.8, 4) is 0 Å². The molecule has 1 aromatic rings. The van der Waals surface area contributed by atoms with E-state index < -0.39 is 17.0 Å². The van der Waals surface area contributed by atoms with Crippen molar-refractivity contribution in [1.82, 2.24) is 15.1 Å². The fraction of sp³-hybridized carbons (Fsp3) is 0.733. The summed E-state index contributed by atoms with van der Waals surface area (Å²) in [7, 11) is 3.98. The first-order valence-electron chi connectivity index (χ1n) is 14.1. The molecule has 0 radical (unpaired) electrons. The number of likely N-dealkylation sites (tertiary alicyclic amines) is 1. The second-order valence-corrected chi connectivity index (χ2v) is 13.0. The molecule has 1 unspecified atom stereocenters. The molecule has 5 nitrogen and oxygen atoms in total. The number of carbonyl (C=O) groups is 2. The highest BCUT2D eigenvalue weighted by Crippen LogP contribution is 2.48. The van der Waals surface area contributed by atoms with Gasteiger partial charge in [-0.3, -0.25) is 9.59 Å². The van der Waals surface area contributed by atoms with Gasteiger partial charge in [-0.25, -0.2) is 8.78 Å². The number of nitrogens with zero attached hydrogens (tertiary/aromatic N) is 2. The molecule has 1 aromatic carbocycles. The Kier molecular flexibility index (Phi) is 8.32. The zero-order chi connectivity index (χ0) is 27.0. The summed E-state index contributed by atoms with van der Waals surface area (Å²) in [6.45, 7) is 7.17. The van der Waals surface area contributed by atoms with Crippen LogP contribution in [0, 0.1) is 28.9 Å². The first kappa shape index (κ1) is 28.0. The lowest BCUT2D eigenvalue weighted by molar-refractivity contribution is -0.148. The van der Waals surface area contributed by atoms with E-state index in [4.69, 9.17) is 0 Å². The lowest BCUT2D eigenvalue weighted by Gasteiger charge is -2.48. The minimum Gasteiger partial charge on any atom is -0.351 e. The second kappa shape index (κ2) is 11.0. The van der Waals surface area contributed by atoms with Crippen LogP contribution in [0.4, 0.5) is 8.78 Å². The third-order valence-corrected chi connectivity index (χ3v) is 9.24. The van der Waals surface area contributed by atoms with E-state index in [0.29, 0.717) is 50.3 Å². The highest BCUT2D eigenvalue weighted by atomic mass is 19.1. The van der Waals surface area contributed by atoms with E-state index in [1.807, 2.05) is 39.8 Å². The number of rotatable bonds is 5. The fourth-order valence-corrected chi connectivity index (χ4v) is 7.15. The van der Waals surface area contributed by atoms with Gasteiger partial charge in [-0.05, 0) is 96.9 Å². The normalized spacial score (nSPS) is 26.9. The van der Waals surface area contributed by atoms with Crippen LogP contribution in [-0.2, 0) is 9.59 Å². The highest BCUT2D eigenvalue weighted by molar-refractivity contribution is 5.85. The van der Waals surface area contributed by atoms with Crippen molar-refractivity contribution < 1.29 is 18.4 Å². The molecule has 1 aliphatic heterocycles. The molecule has 4 rings (SSSR count). The van der Waals surface area contributed by atoms with Gasteiger partial charge < -0.3 is 15.1 Å². The number of hydrogen-bond acceptors (Lipinski definition) is 3. The van der Waals surface area contributed by atoms with E-state index in [-0.39, 0.29) is 35.2 Å². The van der Waals surface area contributed by atoms with Gasteiger partial charge in [0, 0.05) is 36.7 Å². The monoisotopic (exact) mass is 517 g/mol. The molecule has 1 saturated heterocycles. The first-order valence-corrected chi connectivity index (χ1v) is 14.1. The van der Waals surface area contributed by atoms with Gasteiger partial charge in [0.25, 0.3) is 0 Å². The van der Waals surface area contributed by atoms with Crippen LogP contribution in [-0.4, -0.2) is 60.4 Å². The van der Waals surface area contributed by atoms with Crippen molar-refractivity contribution >= 4 is 11.8 Å². The lowest BCUT2D eigenvalue weighted by Crippen LogP contribution is -2.57. The predicted octanol–water partition coefficient (Wildman–Crippen LogP) is 5.49. The van der Waals surface area contributed by atoms with Crippen molar-refractivity contribution in [2.75, 3.05) is 27.2 Å². The van der Waals surface area contributed by atoms with E-state index >= 15 is 0 Å². The quantitative estimate of drug-likeness (QED) is 0.562. The van der Waals surface area contributed by atoms with Crippen molar-refractivity contribution in [2.24, 2.45) is 17.3 Å². The maximum atomic E-state index is 14.8. The number of hydrogen-bond donors (Lipinski definition) is 1. The van der Waals surface area contributed by atoms with Gasteiger partial charge in [0.15, 0.2) is 0 Å². The Morgan fingerprint density at radius 1 is 1.03 bits per heavy atom. The van der Waals surface area contributed by atoms with E-state index in [0.717, 1.165) is 31.7 Å². The van der Waals surface area contributed by atoms with Crippen LogP contribution in [0.5, 0.6) is 0 Å². The number of piperidine rings is 1. The molecule has 37 heavy (non-hydrogen) atoms. The topological polar surface area (TPSA) is 52.7 Å². The smallest absolute Gasteiger partial charge is 0.227 e. The molecule has 7 heteroatoms. The molecule has 3 aliphatic rings. The SMILES string of the molecule is CN(C)[C@H]1CC(C(=O)N2CCC(C(=O)NC(C)(C)C)(C3CCCCC3)CC2)[C@H](c2ccc(F)cc2F)C1. The Morgan fingerprint density at radius 3 is 2.24 bits per heavy atom. The molecule has 0 bridgehead atoms. The molecule has 206 valence electrons. The van der Waals surface area contributed by atoms with Gasteiger partial charge in [0.2, 0.25) is 11.8 Å². The minimum atomic E-state index is -0.602. The third-order valence-electron chi connectivity index (χ3n) is 9.24. The Bertz CT molecular complexity index is 976. The van der Waals surface area contributed by atoms with Crippen LogP contribution in [0.1, 0.15) is 90.0 Å². The summed E-state index contributed by atoms with van der Waals surface area (Å²) in [4.78, 5) is 31.6. The van der Waals surface area contributed by atoms with E-state index in [2.05, 4.69) is 10.2 Å². The fourth-order valence-electron chi connectivity index (χ4n) is 7.15. The molecule has 2 saturated carbocycles. The van der Waals surface area contributed by atoms with Crippen LogP contribution < -0.4 is 5.32 Å². The summed E-state index contributed by atoms with van der Waals surface area (Å²) < 4.78 is 28.4. The van der Waals surface area contributed by atoms with E-state index in [1.165, 1.54) is 18.6 Å². The maximum absolute atomic E-state index is 14.8. The molecule has 0 spiro atoms. The summed E-state index contributed by atoms with van der Waals surface area (Å²) in [6, 6.07) is 3.88. The van der Waals surface area contributed by atoms with Crippen LogP contribution >= 0.6 is 0 Å². The van der Waals surface area contributed by atoms with Gasteiger partial charge in [-0.2, -0.15) is 0 Å². The van der Waals surface area contributed by atoms with Gasteiger partial charge >= 0.3 is 0 Å². The zero-order valence-electron chi connectivity index (χ0n) is 23.3. The second-order valence-electron chi connectivity index (χ2n) is 13.0. The van der Waals surface area contributed by atoms with Crippen molar-refractivity contribution in [2.45, 2.75) is 96.1 Å². The Balaban J connectivity index is 1.54. The molecule has 3 fully saturated rings. The first-order chi connectivity index (χ1) is 17.4. The Labute approximate surface area is 221 Å². The molecule has 1 heterocycles. The lowest BCUT2D eigenvalue weighted by atomic mass is 9.63. The van der Waals surface area contributed by atoms with Crippen LogP contribution in [0.2, 0.25) is 0 Å². The summed E-state index contributed by atoms with van der Waals surface area (Å²) in [5.74, 6) is -1.27. The highest BCUT2D eigenvalue weighted by Gasteiger charge is 2.50. The molecular formula is C30H45F2N3O2. The average molecular weight is 518 g/mol. The van der Waals surface area contributed by atoms with Gasteiger partial charge in [-0.1, -0.05) is 25.3 Å². The average Bonchev–Trinajstić information content (AvgIpc) is 3.28. The van der Waals surface area contributed by atoms with Crippen LogP contribution in [0.3, 0.4) is 0 Å². The number of nitrogens with one attached hydrogen (secondary N) is 1. The van der Waals surface area contributed by atoms with E-state index in [1.54, 1.807) is 0 Å². The van der Waals surface area contributed by atoms with Crippen molar-refractivity contribution in [1.29, 1.82) is 0 Å². The third kappa shape index (κ3) is 6.02.